The number of nitrogens with one attached hydrogen (secondary N) is 4. The van der Waals surface area contributed by atoms with Crippen molar-refractivity contribution in [2.45, 2.75) is 70.0 Å². The van der Waals surface area contributed by atoms with E-state index in [-0.39, 0.29) is 24.0 Å². The number of likely N-dealkylation sites (tertiary alicyclic amines) is 1. The van der Waals surface area contributed by atoms with Crippen molar-refractivity contribution < 1.29 is 14.4 Å². The summed E-state index contributed by atoms with van der Waals surface area (Å²) in [7, 11) is 0. The van der Waals surface area contributed by atoms with Crippen molar-refractivity contribution >= 4 is 34.6 Å². The number of piperazine rings is 1. The third-order valence-electron chi connectivity index (χ3n) is 10.9. The number of carbonyl (C=O) groups is 3. The van der Waals surface area contributed by atoms with E-state index in [0.29, 0.717) is 58.0 Å². The lowest BCUT2D eigenvalue weighted by atomic mass is 9.98. The molecular weight excluding hydrogens is 606 g/mol. The first-order valence-electron chi connectivity index (χ1n) is 17.9. The molecule has 1 unspecified atom stereocenters. The summed E-state index contributed by atoms with van der Waals surface area (Å²) in [6, 6.07) is 11.8. The van der Waals surface area contributed by atoms with Crippen LogP contribution < -0.4 is 16.0 Å². The van der Waals surface area contributed by atoms with Gasteiger partial charge in [0.15, 0.2) is 0 Å². The zero-order valence-corrected chi connectivity index (χ0v) is 28.0. The molecule has 12 nitrogen and oxygen atoms in total. The van der Waals surface area contributed by atoms with Gasteiger partial charge in [-0.15, -0.1) is 0 Å². The average Bonchev–Trinajstić information content (AvgIpc) is 3.54. The fourth-order valence-corrected chi connectivity index (χ4v) is 8.09. The van der Waals surface area contributed by atoms with Gasteiger partial charge in [-0.3, -0.25) is 14.8 Å². The number of benzene rings is 2. The third kappa shape index (κ3) is 7.00. The summed E-state index contributed by atoms with van der Waals surface area (Å²) in [5.74, 6) is -0.0191. The SMILES string of the molecule is CCc1cc(CC(NC(=O)N2CCC(N3CCc4ccccc4NC3=O)CC2)C(=O)N2CCN(C3CCNCC3)CC2)cc2cn[nH]c12. The molecule has 256 valence electrons. The Morgan fingerprint density at radius 2 is 1.71 bits per heavy atom. The number of aryl methyl sites for hydroxylation is 1. The second-order valence-corrected chi connectivity index (χ2v) is 13.7. The van der Waals surface area contributed by atoms with Crippen LogP contribution in [-0.4, -0.2) is 125 Å². The summed E-state index contributed by atoms with van der Waals surface area (Å²) in [4.78, 5) is 49.3. The third-order valence-corrected chi connectivity index (χ3v) is 10.9. The Kier molecular flexibility index (Phi) is 9.81. The van der Waals surface area contributed by atoms with Crippen LogP contribution >= 0.6 is 0 Å². The Morgan fingerprint density at radius 1 is 0.938 bits per heavy atom. The fourth-order valence-electron chi connectivity index (χ4n) is 8.09. The van der Waals surface area contributed by atoms with Crippen molar-refractivity contribution in [1.82, 2.24) is 40.4 Å². The molecule has 3 aromatic rings. The zero-order chi connectivity index (χ0) is 33.0. The number of piperidine rings is 2. The molecule has 0 aliphatic carbocycles. The lowest BCUT2D eigenvalue weighted by Gasteiger charge is -2.42. The summed E-state index contributed by atoms with van der Waals surface area (Å²) in [6.07, 6.45) is 7.57. The number of fused-ring (bicyclic) bond motifs is 2. The van der Waals surface area contributed by atoms with Gasteiger partial charge in [-0.25, -0.2) is 9.59 Å². The van der Waals surface area contributed by atoms with Crippen LogP contribution in [0.2, 0.25) is 0 Å². The van der Waals surface area contributed by atoms with Gasteiger partial charge in [-0.1, -0.05) is 31.2 Å². The van der Waals surface area contributed by atoms with E-state index in [1.54, 1.807) is 0 Å². The number of carbonyl (C=O) groups excluding carboxylic acids is 3. The van der Waals surface area contributed by atoms with Gasteiger partial charge in [0.1, 0.15) is 6.04 Å². The molecule has 0 radical (unpaired) electrons. The van der Waals surface area contributed by atoms with Gasteiger partial charge >= 0.3 is 12.1 Å². The number of anilines is 1. The number of nitrogens with zero attached hydrogens (tertiary/aromatic N) is 5. The number of amides is 5. The van der Waals surface area contributed by atoms with Crippen LogP contribution in [0.5, 0.6) is 0 Å². The van der Waals surface area contributed by atoms with Gasteiger partial charge < -0.3 is 30.7 Å². The van der Waals surface area contributed by atoms with Crippen LogP contribution in [0.25, 0.3) is 10.9 Å². The maximum atomic E-state index is 14.2. The van der Waals surface area contributed by atoms with Crippen molar-refractivity contribution in [2.75, 3.05) is 64.2 Å². The molecular formula is C36H49N9O3. The van der Waals surface area contributed by atoms with E-state index in [9.17, 15) is 14.4 Å². The van der Waals surface area contributed by atoms with Gasteiger partial charge in [-0.05, 0) is 80.4 Å². The van der Waals surface area contributed by atoms with Crippen molar-refractivity contribution in [1.29, 1.82) is 0 Å². The molecule has 2 aromatic carbocycles. The standard InChI is InChI=1S/C36H49N9O3/c1-2-26-21-25(22-28-24-38-41-33(26)28)23-32(34(46)43-19-17-42(18-20-43)29-7-12-37-13-8-29)40-35(47)44-14-10-30(11-15-44)45-16-9-27-5-3-4-6-31(27)39-36(45)48/h3-6,21-22,24,29-30,32,37H,2,7-20,23H2,1H3,(H,38,41)(H,39,48)(H,40,47). The molecule has 0 saturated carbocycles. The highest BCUT2D eigenvalue weighted by atomic mass is 16.2. The quantitative estimate of drug-likeness (QED) is 0.310. The molecule has 4 aliphatic heterocycles. The average molecular weight is 656 g/mol. The van der Waals surface area contributed by atoms with Crippen LogP contribution in [0.3, 0.4) is 0 Å². The maximum absolute atomic E-state index is 14.2. The normalized spacial score (nSPS) is 20.7. The van der Waals surface area contributed by atoms with Crippen molar-refractivity contribution in [2.24, 2.45) is 0 Å². The lowest BCUT2D eigenvalue weighted by molar-refractivity contribution is -0.135. The molecule has 0 bridgehead atoms. The van der Waals surface area contributed by atoms with E-state index in [1.807, 2.05) is 39.1 Å². The van der Waals surface area contributed by atoms with E-state index in [0.717, 1.165) is 85.1 Å². The monoisotopic (exact) mass is 655 g/mol. The minimum Gasteiger partial charge on any atom is -0.338 e. The topological polar surface area (TPSA) is 129 Å². The van der Waals surface area contributed by atoms with Crippen LogP contribution in [0.1, 0.15) is 49.3 Å². The summed E-state index contributed by atoms with van der Waals surface area (Å²) in [5.41, 5.74) is 5.21. The molecule has 48 heavy (non-hydrogen) atoms. The summed E-state index contributed by atoms with van der Waals surface area (Å²) >= 11 is 0. The highest BCUT2D eigenvalue weighted by molar-refractivity contribution is 5.91. The van der Waals surface area contributed by atoms with Gasteiger partial charge in [0.25, 0.3) is 0 Å². The Balaban J connectivity index is 1.01. The lowest BCUT2D eigenvalue weighted by Crippen LogP contribution is -2.59. The highest BCUT2D eigenvalue weighted by Gasteiger charge is 2.35. The predicted octanol–water partition coefficient (Wildman–Crippen LogP) is 3.20. The van der Waals surface area contributed by atoms with Gasteiger partial charge in [-0.2, -0.15) is 5.10 Å². The molecule has 0 spiro atoms. The second-order valence-electron chi connectivity index (χ2n) is 13.7. The molecule has 7 rings (SSSR count). The van der Waals surface area contributed by atoms with Crippen molar-refractivity contribution in [3.63, 3.8) is 0 Å². The van der Waals surface area contributed by atoms with E-state index in [1.165, 1.54) is 0 Å². The van der Waals surface area contributed by atoms with E-state index >= 15 is 0 Å². The zero-order valence-electron chi connectivity index (χ0n) is 28.0. The largest absolute Gasteiger partial charge is 0.338 e. The molecule has 4 aliphatic rings. The fraction of sp³-hybridized carbons (Fsp3) is 0.556. The van der Waals surface area contributed by atoms with Gasteiger partial charge in [0.05, 0.1) is 11.7 Å². The van der Waals surface area contributed by atoms with Crippen molar-refractivity contribution in [3.05, 3.63) is 59.3 Å². The summed E-state index contributed by atoms with van der Waals surface area (Å²) < 4.78 is 0. The van der Waals surface area contributed by atoms with Crippen LogP contribution in [0.4, 0.5) is 15.3 Å². The number of aromatic nitrogens is 2. The number of aromatic amines is 1. The van der Waals surface area contributed by atoms with Gasteiger partial charge in [0.2, 0.25) is 5.91 Å². The van der Waals surface area contributed by atoms with Gasteiger partial charge in [0, 0.05) is 75.4 Å². The molecule has 1 atom stereocenters. The Morgan fingerprint density at radius 3 is 2.48 bits per heavy atom. The van der Waals surface area contributed by atoms with Crippen LogP contribution in [0, 0.1) is 0 Å². The Hall–Kier alpha value is -4.16. The number of hydrogen-bond donors (Lipinski definition) is 4. The minimum absolute atomic E-state index is 0.0191. The Bertz CT molecular complexity index is 1600. The van der Waals surface area contributed by atoms with Crippen LogP contribution in [0.15, 0.2) is 42.6 Å². The number of hydrogen-bond acceptors (Lipinski definition) is 6. The summed E-state index contributed by atoms with van der Waals surface area (Å²) in [5, 5.41) is 18.0. The maximum Gasteiger partial charge on any atom is 0.322 e. The smallest absolute Gasteiger partial charge is 0.322 e. The Labute approximate surface area is 282 Å². The summed E-state index contributed by atoms with van der Waals surface area (Å²) in [6.45, 7) is 9.00. The molecule has 3 saturated heterocycles. The van der Waals surface area contributed by atoms with E-state index in [2.05, 4.69) is 56.2 Å². The number of H-pyrrole nitrogens is 1. The predicted molar refractivity (Wildman–Crippen MR) is 186 cm³/mol. The van der Waals surface area contributed by atoms with E-state index < -0.39 is 6.04 Å². The molecule has 1 aromatic heterocycles. The first-order chi connectivity index (χ1) is 23.5. The molecule has 4 N–H and O–H groups in total. The highest BCUT2D eigenvalue weighted by Crippen LogP contribution is 2.25. The molecule has 5 heterocycles. The number of para-hydroxylation sites is 1. The molecule has 12 heteroatoms. The first kappa shape index (κ1) is 32.4. The van der Waals surface area contributed by atoms with Crippen molar-refractivity contribution in [3.8, 4) is 0 Å². The number of rotatable bonds is 7. The second kappa shape index (κ2) is 14.5. The van der Waals surface area contributed by atoms with Crippen LogP contribution in [-0.2, 0) is 24.1 Å². The van der Waals surface area contributed by atoms with E-state index in [4.69, 9.17) is 0 Å². The number of urea groups is 2. The molecule has 3 fully saturated rings. The molecule has 5 amide bonds. The first-order valence-corrected chi connectivity index (χ1v) is 17.9. The minimum atomic E-state index is -0.676.